The van der Waals surface area contributed by atoms with E-state index in [0.29, 0.717) is 22.7 Å². The van der Waals surface area contributed by atoms with Gasteiger partial charge in [-0.1, -0.05) is 18.2 Å². The second-order valence-corrected chi connectivity index (χ2v) is 9.77. The highest BCUT2D eigenvalue weighted by atomic mass is 16.7. The average molecular weight is 484 g/mol. The molecule has 1 aliphatic heterocycles. The first-order valence-corrected chi connectivity index (χ1v) is 12.4. The van der Waals surface area contributed by atoms with E-state index in [0.717, 1.165) is 25.9 Å². The lowest BCUT2D eigenvalue weighted by molar-refractivity contribution is 0.102. The van der Waals surface area contributed by atoms with Gasteiger partial charge in [0.15, 0.2) is 11.5 Å². The van der Waals surface area contributed by atoms with Crippen LogP contribution in [-0.4, -0.2) is 42.8 Å². The maximum atomic E-state index is 12.7. The quantitative estimate of drug-likeness (QED) is 0.345. The number of hydrogen-bond donors (Lipinski definition) is 1. The van der Waals surface area contributed by atoms with Crippen LogP contribution in [0.2, 0.25) is 0 Å². The average Bonchev–Trinajstić information content (AvgIpc) is 3.42. The minimum Gasteiger partial charge on any atom is -0.454 e. The maximum absolute atomic E-state index is 12.7. The Bertz CT molecular complexity index is 1400. The highest BCUT2D eigenvalue weighted by Crippen LogP contribution is 2.34. The number of rotatable bonds is 8. The third-order valence-electron chi connectivity index (χ3n) is 6.95. The van der Waals surface area contributed by atoms with Crippen molar-refractivity contribution in [3.8, 4) is 11.5 Å². The summed E-state index contributed by atoms with van der Waals surface area (Å²) in [5.74, 6) is 1.19. The molecule has 0 bridgehead atoms. The number of aromatic nitrogens is 1. The number of carbonyl (C=O) groups is 1. The number of aryl methyl sites for hydroxylation is 2. The van der Waals surface area contributed by atoms with E-state index in [1.54, 1.807) is 12.1 Å². The van der Waals surface area contributed by atoms with Crippen molar-refractivity contribution in [2.75, 3.05) is 32.7 Å². The van der Waals surface area contributed by atoms with Crippen LogP contribution in [0.25, 0.3) is 10.9 Å². The predicted octanol–water partition coefficient (Wildman–Crippen LogP) is 5.78. The molecule has 0 saturated heterocycles. The molecule has 6 nitrogen and oxygen atoms in total. The van der Waals surface area contributed by atoms with Crippen molar-refractivity contribution >= 4 is 22.5 Å². The van der Waals surface area contributed by atoms with E-state index in [1.807, 2.05) is 30.3 Å². The number of hydrogen-bond acceptors (Lipinski definition) is 4. The van der Waals surface area contributed by atoms with Crippen molar-refractivity contribution in [2.45, 2.75) is 33.2 Å². The summed E-state index contributed by atoms with van der Waals surface area (Å²) in [4.78, 5) is 15.0. The van der Waals surface area contributed by atoms with Gasteiger partial charge in [-0.05, 0) is 100 Å². The minimum absolute atomic E-state index is 0.149. The van der Waals surface area contributed by atoms with Crippen LogP contribution in [0.1, 0.15) is 39.2 Å². The minimum atomic E-state index is -0.149. The van der Waals surface area contributed by atoms with Crippen molar-refractivity contribution in [1.29, 1.82) is 0 Å². The zero-order valence-electron chi connectivity index (χ0n) is 21.4. The molecule has 1 N–H and O–H groups in total. The van der Waals surface area contributed by atoms with E-state index >= 15 is 0 Å². The Morgan fingerprint density at radius 1 is 0.944 bits per heavy atom. The van der Waals surface area contributed by atoms with Gasteiger partial charge in [-0.25, -0.2) is 0 Å². The number of nitrogens with one attached hydrogen (secondary N) is 1. The molecule has 5 rings (SSSR count). The molecule has 36 heavy (non-hydrogen) atoms. The molecule has 1 amide bonds. The first kappa shape index (κ1) is 23.9. The van der Waals surface area contributed by atoms with Crippen LogP contribution in [-0.2, 0) is 13.0 Å². The largest absolute Gasteiger partial charge is 0.454 e. The molecule has 1 aliphatic rings. The predicted molar refractivity (Wildman–Crippen MR) is 144 cm³/mol. The Labute approximate surface area is 212 Å². The number of fused-ring (bicyclic) bond motifs is 2. The summed E-state index contributed by atoms with van der Waals surface area (Å²) in [6.45, 7) is 6.77. The molecular weight excluding hydrogens is 450 g/mol. The highest BCUT2D eigenvalue weighted by molar-refractivity contribution is 6.04. The van der Waals surface area contributed by atoms with Gasteiger partial charge in [0.05, 0.1) is 0 Å². The summed E-state index contributed by atoms with van der Waals surface area (Å²) in [6, 6.07) is 20.0. The number of nitrogens with zero attached hydrogens (tertiary/aromatic N) is 2. The fourth-order valence-electron chi connectivity index (χ4n) is 4.83. The first-order valence-electron chi connectivity index (χ1n) is 12.4. The van der Waals surface area contributed by atoms with E-state index in [2.05, 4.69) is 60.9 Å². The van der Waals surface area contributed by atoms with Crippen LogP contribution in [0.5, 0.6) is 11.5 Å². The molecule has 1 aromatic heterocycles. The third kappa shape index (κ3) is 4.95. The van der Waals surface area contributed by atoms with Crippen molar-refractivity contribution in [1.82, 2.24) is 9.47 Å². The van der Waals surface area contributed by atoms with Crippen molar-refractivity contribution < 1.29 is 14.3 Å². The zero-order chi connectivity index (χ0) is 25.2. The molecule has 0 atom stereocenters. The molecule has 0 spiro atoms. The molecule has 2 heterocycles. The molecule has 0 saturated carbocycles. The molecule has 0 aliphatic carbocycles. The summed E-state index contributed by atoms with van der Waals surface area (Å²) in [5.41, 5.74) is 7.76. The highest BCUT2D eigenvalue weighted by Gasteiger charge is 2.15. The van der Waals surface area contributed by atoms with Gasteiger partial charge in [-0.3, -0.25) is 4.79 Å². The van der Waals surface area contributed by atoms with Gasteiger partial charge in [0, 0.05) is 40.5 Å². The van der Waals surface area contributed by atoms with Gasteiger partial charge < -0.3 is 24.3 Å². The Morgan fingerprint density at radius 2 is 1.69 bits per heavy atom. The number of amides is 1. The van der Waals surface area contributed by atoms with Gasteiger partial charge >= 0.3 is 0 Å². The maximum Gasteiger partial charge on any atom is 0.255 e. The molecule has 0 unspecified atom stereocenters. The monoisotopic (exact) mass is 483 g/mol. The van der Waals surface area contributed by atoms with E-state index in [4.69, 9.17) is 9.47 Å². The second-order valence-electron chi connectivity index (χ2n) is 9.77. The molecule has 4 aromatic rings. The Kier molecular flexibility index (Phi) is 6.70. The SMILES string of the molecule is Cc1c(C)n(CCCN(C)C)c2ccc(Cc3ccc(C(=O)Nc4ccc5c(c4)OCO5)cc3)cc12. The van der Waals surface area contributed by atoms with E-state index < -0.39 is 0 Å². The van der Waals surface area contributed by atoms with E-state index in [9.17, 15) is 4.79 Å². The first-order chi connectivity index (χ1) is 17.4. The van der Waals surface area contributed by atoms with Crippen molar-refractivity contribution in [2.24, 2.45) is 0 Å². The number of ether oxygens (including phenoxy) is 2. The lowest BCUT2D eigenvalue weighted by Crippen LogP contribution is -2.15. The van der Waals surface area contributed by atoms with Crippen molar-refractivity contribution in [3.63, 3.8) is 0 Å². The number of carbonyl (C=O) groups excluding carboxylic acids is 1. The molecule has 0 radical (unpaired) electrons. The van der Waals surface area contributed by atoms with E-state index in [-0.39, 0.29) is 12.7 Å². The van der Waals surface area contributed by atoms with Crippen LogP contribution in [0.15, 0.2) is 60.7 Å². The van der Waals surface area contributed by atoms with E-state index in [1.165, 1.54) is 33.3 Å². The normalized spacial score (nSPS) is 12.5. The fourth-order valence-corrected chi connectivity index (χ4v) is 4.83. The lowest BCUT2D eigenvalue weighted by Gasteiger charge is -2.12. The van der Waals surface area contributed by atoms with Gasteiger partial charge in [0.2, 0.25) is 6.79 Å². The summed E-state index contributed by atoms with van der Waals surface area (Å²) in [6.07, 6.45) is 1.96. The topological polar surface area (TPSA) is 55.7 Å². The van der Waals surface area contributed by atoms with Crippen LogP contribution in [0, 0.1) is 13.8 Å². The van der Waals surface area contributed by atoms with Gasteiger partial charge in [-0.2, -0.15) is 0 Å². The van der Waals surface area contributed by atoms with Gasteiger partial charge in [0.25, 0.3) is 5.91 Å². The van der Waals surface area contributed by atoms with Gasteiger partial charge in [-0.15, -0.1) is 0 Å². The Hall–Kier alpha value is -3.77. The third-order valence-corrected chi connectivity index (χ3v) is 6.95. The summed E-state index contributed by atoms with van der Waals surface area (Å²) < 4.78 is 13.2. The smallest absolute Gasteiger partial charge is 0.255 e. The van der Waals surface area contributed by atoms with Crippen molar-refractivity contribution in [3.05, 3.63) is 88.6 Å². The summed E-state index contributed by atoms with van der Waals surface area (Å²) in [5, 5.41) is 4.26. The molecule has 0 fully saturated rings. The van der Waals surface area contributed by atoms with Crippen LogP contribution in [0.3, 0.4) is 0 Å². The van der Waals surface area contributed by atoms with Crippen LogP contribution < -0.4 is 14.8 Å². The molecule has 6 heteroatoms. The standard InChI is InChI=1S/C30H33N3O3/c1-20-21(2)33(15-5-14-32(3)4)27-12-8-23(17-26(20)27)16-22-6-9-24(10-7-22)30(34)31-25-11-13-28-29(18-25)36-19-35-28/h6-13,17-18H,5,14-16,19H2,1-4H3,(H,31,34). The lowest BCUT2D eigenvalue weighted by atomic mass is 10.0. The van der Waals surface area contributed by atoms with Gasteiger partial charge in [0.1, 0.15) is 0 Å². The molecule has 186 valence electrons. The Morgan fingerprint density at radius 3 is 2.47 bits per heavy atom. The van der Waals surface area contributed by atoms with Crippen LogP contribution >= 0.6 is 0 Å². The number of anilines is 1. The molecule has 3 aromatic carbocycles. The summed E-state index contributed by atoms with van der Waals surface area (Å²) >= 11 is 0. The van der Waals surface area contributed by atoms with Crippen LogP contribution in [0.4, 0.5) is 5.69 Å². The second kappa shape index (κ2) is 10.1. The Balaban J connectivity index is 1.27. The number of benzene rings is 3. The fraction of sp³-hybridized carbons (Fsp3) is 0.300. The summed E-state index contributed by atoms with van der Waals surface area (Å²) in [7, 11) is 4.24. The molecular formula is C30H33N3O3. The zero-order valence-corrected chi connectivity index (χ0v) is 21.4.